The molecule has 8 heteroatoms. The third-order valence-corrected chi connectivity index (χ3v) is 6.04. The van der Waals surface area contributed by atoms with Crippen molar-refractivity contribution in [3.05, 3.63) is 108 Å². The van der Waals surface area contributed by atoms with E-state index in [0.29, 0.717) is 31.3 Å². The van der Waals surface area contributed by atoms with Crippen LogP contribution in [0.4, 0.5) is 11.7 Å². The Morgan fingerprint density at radius 1 is 0.895 bits per heavy atom. The van der Waals surface area contributed by atoms with E-state index in [0.717, 1.165) is 39.1 Å². The zero-order valence-corrected chi connectivity index (χ0v) is 21.1. The Bertz CT molecular complexity index is 1470. The van der Waals surface area contributed by atoms with Crippen LogP contribution < -0.4 is 15.4 Å². The van der Waals surface area contributed by atoms with Crippen LogP contribution >= 0.6 is 0 Å². The molecule has 0 aliphatic carbocycles. The average molecular weight is 508 g/mol. The number of aliphatic hydroxyl groups excluding tert-OH is 1. The highest BCUT2D eigenvalue weighted by atomic mass is 16.5. The van der Waals surface area contributed by atoms with Gasteiger partial charge in [0.1, 0.15) is 12.4 Å². The molecule has 3 aromatic carbocycles. The maximum atomic E-state index is 9.12. The number of hydrogen-bond donors (Lipinski definition) is 3. The van der Waals surface area contributed by atoms with Gasteiger partial charge >= 0.3 is 6.01 Å². The van der Waals surface area contributed by atoms with Crippen molar-refractivity contribution in [2.75, 3.05) is 18.5 Å². The number of nitrogens with one attached hydrogen (secondary N) is 2. The molecule has 0 unspecified atom stereocenters. The molecule has 0 saturated carbocycles. The molecule has 38 heavy (non-hydrogen) atoms. The summed E-state index contributed by atoms with van der Waals surface area (Å²) >= 11 is 0. The van der Waals surface area contributed by atoms with Crippen LogP contribution in [0, 0.1) is 6.92 Å². The Kier molecular flexibility index (Phi) is 8.03. The summed E-state index contributed by atoms with van der Waals surface area (Å²) in [6.07, 6.45) is 3.51. The maximum absolute atomic E-state index is 9.12. The zero-order chi connectivity index (χ0) is 26.2. The molecule has 0 aliphatic rings. The number of benzene rings is 3. The monoisotopic (exact) mass is 507 g/mol. The molecular weight excluding hydrogens is 478 g/mol. The molecule has 0 fully saturated rings. The summed E-state index contributed by atoms with van der Waals surface area (Å²) in [5.74, 6) is 1.13. The van der Waals surface area contributed by atoms with E-state index in [4.69, 9.17) is 14.3 Å². The van der Waals surface area contributed by atoms with Gasteiger partial charge in [-0.2, -0.15) is 0 Å². The van der Waals surface area contributed by atoms with E-state index in [1.807, 2.05) is 60.7 Å². The van der Waals surface area contributed by atoms with Gasteiger partial charge in [-0.15, -0.1) is 5.10 Å². The average Bonchev–Trinajstić information content (AvgIpc) is 3.41. The molecule has 2 aromatic heterocycles. The van der Waals surface area contributed by atoms with Crippen molar-refractivity contribution in [3.63, 3.8) is 0 Å². The van der Waals surface area contributed by atoms with E-state index in [9.17, 15) is 0 Å². The normalized spacial score (nSPS) is 10.9. The first-order chi connectivity index (χ1) is 18.7. The van der Waals surface area contributed by atoms with Gasteiger partial charge < -0.3 is 24.9 Å². The molecule has 0 spiro atoms. The largest absolute Gasteiger partial charge is 0.489 e. The lowest BCUT2D eigenvalue weighted by Crippen LogP contribution is -2.17. The van der Waals surface area contributed by atoms with Crippen LogP contribution in [0.15, 0.2) is 95.7 Å². The molecule has 0 bridgehead atoms. The third-order valence-electron chi connectivity index (χ3n) is 6.04. The first-order valence-corrected chi connectivity index (χ1v) is 12.4. The topological polar surface area (TPSA) is 105 Å². The van der Waals surface area contributed by atoms with E-state index in [-0.39, 0.29) is 12.6 Å². The van der Waals surface area contributed by atoms with Crippen LogP contribution in [0.2, 0.25) is 0 Å². The van der Waals surface area contributed by atoms with Gasteiger partial charge in [0.25, 0.3) is 0 Å². The van der Waals surface area contributed by atoms with Crippen LogP contribution in [-0.4, -0.2) is 33.4 Å². The van der Waals surface area contributed by atoms with E-state index in [1.54, 1.807) is 12.4 Å². The SMILES string of the molecule is Cc1c(-c2ccccc2)cccc1-c1nnc(Nc2cc(CNCCO)cc(OCc3cccnc3)c2)o1. The summed E-state index contributed by atoms with van der Waals surface area (Å²) in [6, 6.07) is 26.3. The lowest BCUT2D eigenvalue weighted by molar-refractivity contribution is 0.291. The number of aliphatic hydroxyl groups is 1. The molecule has 8 nitrogen and oxygen atoms in total. The Hall–Kier alpha value is -4.53. The van der Waals surface area contributed by atoms with Crippen LogP contribution in [0.25, 0.3) is 22.6 Å². The molecule has 0 radical (unpaired) electrons. The highest BCUT2D eigenvalue weighted by molar-refractivity contribution is 5.75. The van der Waals surface area contributed by atoms with E-state index in [2.05, 4.69) is 50.9 Å². The van der Waals surface area contributed by atoms with Crippen LogP contribution in [0.5, 0.6) is 5.75 Å². The van der Waals surface area contributed by atoms with Gasteiger partial charge in [-0.05, 0) is 53.4 Å². The smallest absolute Gasteiger partial charge is 0.320 e. The molecule has 0 atom stereocenters. The second-order valence-corrected chi connectivity index (χ2v) is 8.80. The lowest BCUT2D eigenvalue weighted by atomic mass is 9.96. The fourth-order valence-corrected chi connectivity index (χ4v) is 4.18. The van der Waals surface area contributed by atoms with Crippen LogP contribution in [-0.2, 0) is 13.2 Å². The van der Waals surface area contributed by atoms with E-state index < -0.39 is 0 Å². The Balaban J connectivity index is 1.37. The molecule has 2 heterocycles. The fourth-order valence-electron chi connectivity index (χ4n) is 4.18. The molecule has 0 saturated heterocycles. The number of ether oxygens (including phenoxy) is 1. The molecule has 5 aromatic rings. The predicted molar refractivity (Wildman–Crippen MR) is 147 cm³/mol. The second-order valence-electron chi connectivity index (χ2n) is 8.80. The van der Waals surface area contributed by atoms with Gasteiger partial charge in [0.05, 0.1) is 6.61 Å². The molecular formula is C30H29N5O3. The standard InChI is InChI=1S/C30H29N5O3/c1-21-27(24-8-3-2-4-9-24)10-5-11-28(21)29-34-35-30(38-29)33-25-15-23(19-32-13-14-36)16-26(17-25)37-20-22-7-6-12-31-18-22/h2-12,15-18,32,36H,13-14,19-20H2,1H3,(H,33,35). The van der Waals surface area contributed by atoms with Gasteiger partial charge in [0, 0.05) is 48.4 Å². The number of aromatic nitrogens is 3. The van der Waals surface area contributed by atoms with Gasteiger partial charge in [-0.1, -0.05) is 53.6 Å². The van der Waals surface area contributed by atoms with E-state index >= 15 is 0 Å². The second kappa shape index (κ2) is 12.1. The Labute approximate surface area is 221 Å². The highest BCUT2D eigenvalue weighted by Gasteiger charge is 2.15. The van der Waals surface area contributed by atoms with Crippen molar-refractivity contribution in [2.45, 2.75) is 20.1 Å². The Morgan fingerprint density at radius 2 is 1.76 bits per heavy atom. The van der Waals surface area contributed by atoms with Crippen molar-refractivity contribution in [1.29, 1.82) is 0 Å². The molecule has 0 amide bonds. The maximum Gasteiger partial charge on any atom is 0.320 e. The molecule has 5 rings (SSSR count). The van der Waals surface area contributed by atoms with Crippen molar-refractivity contribution >= 4 is 11.7 Å². The first-order valence-electron chi connectivity index (χ1n) is 12.4. The number of anilines is 2. The summed E-state index contributed by atoms with van der Waals surface area (Å²) in [5.41, 5.74) is 6.91. The molecule has 3 N–H and O–H groups in total. The van der Waals surface area contributed by atoms with Crippen molar-refractivity contribution in [1.82, 2.24) is 20.5 Å². The third kappa shape index (κ3) is 6.23. The number of rotatable bonds is 11. The summed E-state index contributed by atoms with van der Waals surface area (Å²) < 4.78 is 12.1. The van der Waals surface area contributed by atoms with Gasteiger partial charge in [0.2, 0.25) is 5.89 Å². The summed E-state index contributed by atoms with van der Waals surface area (Å²) in [6.45, 7) is 3.59. The minimum atomic E-state index is 0.0674. The van der Waals surface area contributed by atoms with Crippen molar-refractivity contribution in [3.8, 4) is 28.3 Å². The van der Waals surface area contributed by atoms with Gasteiger partial charge in [-0.25, -0.2) is 0 Å². The molecule has 192 valence electrons. The van der Waals surface area contributed by atoms with Gasteiger partial charge in [0.15, 0.2) is 0 Å². The van der Waals surface area contributed by atoms with Gasteiger partial charge in [-0.3, -0.25) is 4.98 Å². The fraction of sp³-hybridized carbons (Fsp3) is 0.167. The minimum Gasteiger partial charge on any atom is -0.489 e. The quantitative estimate of drug-likeness (QED) is 0.201. The highest BCUT2D eigenvalue weighted by Crippen LogP contribution is 2.32. The van der Waals surface area contributed by atoms with Crippen molar-refractivity contribution < 1.29 is 14.3 Å². The summed E-state index contributed by atoms with van der Waals surface area (Å²) in [5, 5.41) is 24.1. The Morgan fingerprint density at radius 3 is 2.58 bits per heavy atom. The van der Waals surface area contributed by atoms with Crippen molar-refractivity contribution in [2.24, 2.45) is 0 Å². The van der Waals surface area contributed by atoms with Crippen LogP contribution in [0.3, 0.4) is 0 Å². The van der Waals surface area contributed by atoms with E-state index in [1.165, 1.54) is 0 Å². The molecule has 0 aliphatic heterocycles. The van der Waals surface area contributed by atoms with Crippen LogP contribution in [0.1, 0.15) is 16.7 Å². The number of pyridine rings is 1. The zero-order valence-electron chi connectivity index (χ0n) is 21.1. The summed E-state index contributed by atoms with van der Waals surface area (Å²) in [7, 11) is 0. The summed E-state index contributed by atoms with van der Waals surface area (Å²) in [4.78, 5) is 4.14. The number of nitrogens with zero attached hydrogens (tertiary/aromatic N) is 3. The number of hydrogen-bond acceptors (Lipinski definition) is 8. The first kappa shape index (κ1) is 25.1. The minimum absolute atomic E-state index is 0.0674. The lowest BCUT2D eigenvalue weighted by Gasteiger charge is -2.12. The predicted octanol–water partition coefficient (Wildman–Crippen LogP) is 5.51.